The monoisotopic (exact) mass is 326 g/mol. The Balaban J connectivity index is 2.27. The first kappa shape index (κ1) is 13.3. The molecule has 0 saturated carbocycles. The number of nitrogens with two attached hydrogens (primary N) is 1. The third kappa shape index (κ3) is 2.81. The first-order valence-corrected chi connectivity index (χ1v) is 7.32. The highest BCUT2D eigenvalue weighted by Gasteiger charge is 2.19. The molecule has 1 atom stereocenters. The zero-order valence-electron chi connectivity index (χ0n) is 10.2. The minimum atomic E-state index is 0.218. The highest BCUT2D eigenvalue weighted by molar-refractivity contribution is 9.10. The summed E-state index contributed by atoms with van der Waals surface area (Å²) in [7, 11) is 0. The van der Waals surface area contributed by atoms with Crippen molar-refractivity contribution >= 4 is 38.9 Å². The van der Waals surface area contributed by atoms with Gasteiger partial charge in [0.15, 0.2) is 0 Å². The Bertz CT molecular complexity index is 513. The predicted octanol–water partition coefficient (Wildman–Crippen LogP) is 3.69. The van der Waals surface area contributed by atoms with Crippen molar-refractivity contribution in [3.63, 3.8) is 0 Å². The van der Waals surface area contributed by atoms with E-state index in [0.717, 1.165) is 5.82 Å². The lowest BCUT2D eigenvalue weighted by molar-refractivity contribution is 0.551. The SMILES string of the molecule is CC(C)C(Nc1ncnc(N)c1Br)c1cccs1. The van der Waals surface area contributed by atoms with Crippen LogP contribution in [0.5, 0.6) is 0 Å². The maximum atomic E-state index is 5.76. The van der Waals surface area contributed by atoms with Gasteiger partial charge in [0, 0.05) is 4.88 Å². The summed E-state index contributed by atoms with van der Waals surface area (Å²) in [5.41, 5.74) is 5.76. The zero-order valence-corrected chi connectivity index (χ0v) is 12.6. The van der Waals surface area contributed by atoms with Gasteiger partial charge < -0.3 is 11.1 Å². The second-order valence-corrected chi connectivity index (χ2v) is 6.08. The van der Waals surface area contributed by atoms with Crippen LogP contribution in [0.4, 0.5) is 11.6 Å². The first-order valence-electron chi connectivity index (χ1n) is 5.65. The average molecular weight is 327 g/mol. The Kier molecular flexibility index (Phi) is 4.19. The van der Waals surface area contributed by atoms with Crippen molar-refractivity contribution in [3.8, 4) is 0 Å². The number of thiophene rings is 1. The van der Waals surface area contributed by atoms with E-state index in [4.69, 9.17) is 5.73 Å². The molecular formula is C12H15BrN4S. The molecule has 4 nitrogen and oxygen atoms in total. The largest absolute Gasteiger partial charge is 0.383 e. The number of rotatable bonds is 4. The molecule has 0 radical (unpaired) electrons. The van der Waals surface area contributed by atoms with Gasteiger partial charge in [-0.05, 0) is 33.3 Å². The van der Waals surface area contributed by atoms with Crippen LogP contribution in [0, 0.1) is 5.92 Å². The fourth-order valence-electron chi connectivity index (χ4n) is 1.67. The molecule has 2 heterocycles. The molecule has 0 spiro atoms. The number of nitrogens with one attached hydrogen (secondary N) is 1. The minimum Gasteiger partial charge on any atom is -0.383 e. The van der Waals surface area contributed by atoms with E-state index in [1.54, 1.807) is 11.3 Å². The lowest BCUT2D eigenvalue weighted by Gasteiger charge is -2.22. The van der Waals surface area contributed by atoms with E-state index in [-0.39, 0.29) is 6.04 Å². The summed E-state index contributed by atoms with van der Waals surface area (Å²) in [6.07, 6.45) is 1.47. The van der Waals surface area contributed by atoms with Gasteiger partial charge in [0.1, 0.15) is 22.4 Å². The van der Waals surface area contributed by atoms with Crippen LogP contribution in [-0.2, 0) is 0 Å². The number of aromatic nitrogens is 2. The summed E-state index contributed by atoms with van der Waals surface area (Å²) in [4.78, 5) is 9.45. The molecule has 0 aliphatic rings. The van der Waals surface area contributed by atoms with E-state index in [2.05, 4.69) is 62.6 Å². The number of nitrogen functional groups attached to an aromatic ring is 1. The van der Waals surface area contributed by atoms with Crippen LogP contribution >= 0.6 is 27.3 Å². The second-order valence-electron chi connectivity index (χ2n) is 4.30. The lowest BCUT2D eigenvalue weighted by Crippen LogP contribution is -2.17. The molecule has 0 fully saturated rings. The van der Waals surface area contributed by atoms with Crippen LogP contribution in [0.3, 0.4) is 0 Å². The van der Waals surface area contributed by atoms with Crippen LogP contribution in [0.25, 0.3) is 0 Å². The van der Waals surface area contributed by atoms with Crippen molar-refractivity contribution in [1.29, 1.82) is 0 Å². The third-order valence-electron chi connectivity index (χ3n) is 2.63. The summed E-state index contributed by atoms with van der Waals surface area (Å²) in [6, 6.07) is 4.40. The maximum Gasteiger partial charge on any atom is 0.146 e. The fourth-order valence-corrected chi connectivity index (χ4v) is 2.93. The summed E-state index contributed by atoms with van der Waals surface area (Å²) in [5.74, 6) is 1.63. The quantitative estimate of drug-likeness (QED) is 0.899. The van der Waals surface area contributed by atoms with Crippen LogP contribution in [0.1, 0.15) is 24.8 Å². The second kappa shape index (κ2) is 5.67. The van der Waals surface area contributed by atoms with Gasteiger partial charge in [-0.25, -0.2) is 9.97 Å². The Hall–Kier alpha value is -1.14. The molecule has 2 aromatic rings. The van der Waals surface area contributed by atoms with Gasteiger partial charge in [0.2, 0.25) is 0 Å². The lowest BCUT2D eigenvalue weighted by atomic mass is 10.0. The van der Waals surface area contributed by atoms with Crippen molar-refractivity contribution in [2.24, 2.45) is 5.92 Å². The Labute approximate surface area is 119 Å². The number of halogens is 1. The minimum absolute atomic E-state index is 0.218. The topological polar surface area (TPSA) is 63.8 Å². The molecule has 2 rings (SSSR count). The predicted molar refractivity (Wildman–Crippen MR) is 79.7 cm³/mol. The smallest absolute Gasteiger partial charge is 0.146 e. The molecule has 2 aromatic heterocycles. The number of hydrogen-bond acceptors (Lipinski definition) is 5. The number of anilines is 2. The van der Waals surface area contributed by atoms with Gasteiger partial charge in [-0.15, -0.1) is 11.3 Å². The molecule has 3 N–H and O–H groups in total. The molecule has 1 unspecified atom stereocenters. The average Bonchev–Trinajstić information content (AvgIpc) is 2.84. The molecule has 6 heteroatoms. The maximum absolute atomic E-state index is 5.76. The van der Waals surface area contributed by atoms with E-state index in [0.29, 0.717) is 16.2 Å². The highest BCUT2D eigenvalue weighted by atomic mass is 79.9. The zero-order chi connectivity index (χ0) is 13.1. The van der Waals surface area contributed by atoms with Crippen molar-refractivity contribution in [3.05, 3.63) is 33.2 Å². The van der Waals surface area contributed by atoms with Crippen LogP contribution in [0.2, 0.25) is 0 Å². The summed E-state index contributed by atoms with van der Waals surface area (Å²) in [5, 5.41) is 5.50. The third-order valence-corrected chi connectivity index (χ3v) is 4.36. The molecule has 0 aromatic carbocycles. The molecule has 0 amide bonds. The molecule has 0 bridgehead atoms. The Morgan fingerprint density at radius 3 is 2.78 bits per heavy atom. The van der Waals surface area contributed by atoms with Crippen molar-refractivity contribution in [2.45, 2.75) is 19.9 Å². The fraction of sp³-hybridized carbons (Fsp3) is 0.333. The molecule has 96 valence electrons. The first-order chi connectivity index (χ1) is 8.59. The van der Waals surface area contributed by atoms with Crippen LogP contribution in [0.15, 0.2) is 28.3 Å². The van der Waals surface area contributed by atoms with E-state index in [1.165, 1.54) is 11.2 Å². The van der Waals surface area contributed by atoms with Crippen LogP contribution < -0.4 is 11.1 Å². The van der Waals surface area contributed by atoms with E-state index < -0.39 is 0 Å². The molecular weight excluding hydrogens is 312 g/mol. The highest BCUT2D eigenvalue weighted by Crippen LogP contribution is 2.32. The molecule has 0 aliphatic carbocycles. The van der Waals surface area contributed by atoms with Gasteiger partial charge >= 0.3 is 0 Å². The van der Waals surface area contributed by atoms with Gasteiger partial charge in [0.05, 0.1) is 6.04 Å². The standard InChI is InChI=1S/C12H15BrN4S/c1-7(2)10(8-4-3-5-18-8)17-12-9(13)11(14)15-6-16-12/h3-7,10H,1-2H3,(H3,14,15,16,17). The van der Waals surface area contributed by atoms with Gasteiger partial charge in [-0.3, -0.25) is 0 Å². The number of nitrogens with zero attached hydrogens (tertiary/aromatic N) is 2. The van der Waals surface area contributed by atoms with Gasteiger partial charge in [-0.1, -0.05) is 19.9 Å². The number of hydrogen-bond donors (Lipinski definition) is 2. The van der Waals surface area contributed by atoms with Gasteiger partial charge in [-0.2, -0.15) is 0 Å². The van der Waals surface area contributed by atoms with E-state index in [1.807, 2.05) is 0 Å². The molecule has 0 aliphatic heterocycles. The summed E-state index contributed by atoms with van der Waals surface area (Å²) < 4.78 is 0.715. The summed E-state index contributed by atoms with van der Waals surface area (Å²) >= 11 is 5.15. The van der Waals surface area contributed by atoms with E-state index >= 15 is 0 Å². The Morgan fingerprint density at radius 2 is 2.17 bits per heavy atom. The van der Waals surface area contributed by atoms with Crippen molar-refractivity contribution < 1.29 is 0 Å². The summed E-state index contributed by atoms with van der Waals surface area (Å²) in [6.45, 7) is 4.35. The molecule has 0 saturated heterocycles. The molecule has 18 heavy (non-hydrogen) atoms. The normalized spacial score (nSPS) is 12.7. The van der Waals surface area contributed by atoms with E-state index in [9.17, 15) is 0 Å². The van der Waals surface area contributed by atoms with Crippen molar-refractivity contribution in [2.75, 3.05) is 11.1 Å². The van der Waals surface area contributed by atoms with Crippen molar-refractivity contribution in [1.82, 2.24) is 9.97 Å². The Morgan fingerprint density at radius 1 is 1.39 bits per heavy atom. The van der Waals surface area contributed by atoms with Crippen LogP contribution in [-0.4, -0.2) is 9.97 Å². The van der Waals surface area contributed by atoms with Gasteiger partial charge in [0.25, 0.3) is 0 Å².